The van der Waals surface area contributed by atoms with Crippen molar-refractivity contribution in [3.05, 3.63) is 24.4 Å². The second kappa shape index (κ2) is 5.46. The van der Waals surface area contributed by atoms with E-state index >= 15 is 0 Å². The maximum Gasteiger partial charge on any atom is 0.232 e. The Bertz CT molecular complexity index is 1200. The number of sulfone groups is 1. The number of aromatic nitrogens is 3. The van der Waals surface area contributed by atoms with Crippen LogP contribution in [0.5, 0.6) is 11.5 Å². The largest absolute Gasteiger partial charge is 0.493 e. The summed E-state index contributed by atoms with van der Waals surface area (Å²) >= 11 is 1.01. The molecule has 0 aliphatic rings. The van der Waals surface area contributed by atoms with Gasteiger partial charge in [-0.2, -0.15) is 4.52 Å². The van der Waals surface area contributed by atoms with Crippen molar-refractivity contribution in [1.82, 2.24) is 14.6 Å². The van der Waals surface area contributed by atoms with Crippen molar-refractivity contribution in [3.8, 4) is 23.0 Å². The molecule has 0 aliphatic heterocycles. The standard InChI is InChI=1S/C15H13N3O5S2/c1-21-10-5-4-8-6-11(23-12(8)13(10)22-2)9-7-16-14-18(9)17-15(24-14)25(3,19)20/h4-7H,1-3H3. The molecule has 130 valence electrons. The lowest BCUT2D eigenvalue weighted by Gasteiger charge is -2.06. The fourth-order valence-electron chi connectivity index (χ4n) is 2.53. The lowest BCUT2D eigenvalue weighted by atomic mass is 10.2. The van der Waals surface area contributed by atoms with Crippen molar-refractivity contribution in [2.45, 2.75) is 4.34 Å². The molecule has 4 rings (SSSR count). The number of furan rings is 1. The minimum absolute atomic E-state index is 0.00668. The topological polar surface area (TPSA) is 95.9 Å². The summed E-state index contributed by atoms with van der Waals surface area (Å²) in [5.41, 5.74) is 1.09. The summed E-state index contributed by atoms with van der Waals surface area (Å²) in [6.45, 7) is 0. The van der Waals surface area contributed by atoms with Crippen LogP contribution in [0.3, 0.4) is 0 Å². The van der Waals surface area contributed by atoms with Crippen molar-refractivity contribution < 1.29 is 22.3 Å². The van der Waals surface area contributed by atoms with E-state index in [1.54, 1.807) is 19.4 Å². The smallest absolute Gasteiger partial charge is 0.232 e. The number of nitrogens with zero attached hydrogens (tertiary/aromatic N) is 3. The molecular weight excluding hydrogens is 366 g/mol. The van der Waals surface area contributed by atoms with Crippen LogP contribution < -0.4 is 9.47 Å². The van der Waals surface area contributed by atoms with E-state index in [1.807, 2.05) is 12.1 Å². The zero-order valence-electron chi connectivity index (χ0n) is 13.5. The summed E-state index contributed by atoms with van der Waals surface area (Å²) in [7, 11) is -0.310. The fourth-order valence-corrected chi connectivity index (χ4v) is 4.20. The molecule has 0 unspecified atom stereocenters. The van der Waals surface area contributed by atoms with Gasteiger partial charge in [-0.25, -0.2) is 13.4 Å². The number of fused-ring (bicyclic) bond motifs is 2. The maximum absolute atomic E-state index is 11.7. The van der Waals surface area contributed by atoms with Gasteiger partial charge in [0, 0.05) is 11.6 Å². The lowest BCUT2D eigenvalue weighted by molar-refractivity contribution is 0.354. The first-order valence-electron chi connectivity index (χ1n) is 7.12. The van der Waals surface area contributed by atoms with Gasteiger partial charge >= 0.3 is 0 Å². The molecule has 3 heterocycles. The Morgan fingerprint density at radius 2 is 2.04 bits per heavy atom. The van der Waals surface area contributed by atoms with Gasteiger partial charge in [-0.3, -0.25) is 0 Å². The normalized spacial score (nSPS) is 12.1. The van der Waals surface area contributed by atoms with E-state index in [4.69, 9.17) is 13.9 Å². The van der Waals surface area contributed by atoms with Gasteiger partial charge in [0.25, 0.3) is 0 Å². The van der Waals surface area contributed by atoms with Crippen molar-refractivity contribution in [1.29, 1.82) is 0 Å². The highest BCUT2D eigenvalue weighted by Crippen LogP contribution is 2.39. The molecule has 0 amide bonds. The van der Waals surface area contributed by atoms with E-state index < -0.39 is 9.84 Å². The first kappa shape index (κ1) is 15.9. The highest BCUT2D eigenvalue weighted by atomic mass is 32.2. The molecule has 3 aromatic heterocycles. The Hall–Kier alpha value is -2.59. The number of methoxy groups -OCH3 is 2. The molecule has 1 aromatic carbocycles. The summed E-state index contributed by atoms with van der Waals surface area (Å²) in [4.78, 5) is 4.69. The van der Waals surface area contributed by atoms with E-state index in [-0.39, 0.29) is 4.34 Å². The van der Waals surface area contributed by atoms with Crippen molar-refractivity contribution in [2.75, 3.05) is 20.5 Å². The Balaban J connectivity index is 1.93. The van der Waals surface area contributed by atoms with Crippen LogP contribution in [0.25, 0.3) is 27.4 Å². The highest BCUT2D eigenvalue weighted by molar-refractivity contribution is 7.92. The van der Waals surface area contributed by atoms with Crippen LogP contribution in [0, 0.1) is 0 Å². The van der Waals surface area contributed by atoms with Crippen LogP contribution in [0.1, 0.15) is 0 Å². The maximum atomic E-state index is 11.7. The molecule has 8 nitrogen and oxygen atoms in total. The van der Waals surface area contributed by atoms with Gasteiger partial charge in [0.15, 0.2) is 17.1 Å². The third-order valence-electron chi connectivity index (χ3n) is 3.67. The molecule has 0 atom stereocenters. The predicted octanol–water partition coefficient (Wildman–Crippen LogP) is 2.62. The van der Waals surface area contributed by atoms with Crippen LogP contribution in [0.15, 0.2) is 33.2 Å². The molecule has 0 N–H and O–H groups in total. The summed E-state index contributed by atoms with van der Waals surface area (Å²) < 4.78 is 41.4. The lowest BCUT2D eigenvalue weighted by Crippen LogP contribution is -1.98. The quantitative estimate of drug-likeness (QED) is 0.538. The summed E-state index contributed by atoms with van der Waals surface area (Å²) in [5.74, 6) is 1.55. The predicted molar refractivity (Wildman–Crippen MR) is 92.3 cm³/mol. The van der Waals surface area contributed by atoms with Gasteiger partial charge in [-0.1, -0.05) is 11.3 Å². The molecule has 0 radical (unpaired) electrons. The number of imidazole rings is 1. The summed E-state index contributed by atoms with van der Waals surface area (Å²) in [6, 6.07) is 5.46. The number of benzene rings is 1. The van der Waals surface area contributed by atoms with Crippen LogP contribution >= 0.6 is 11.3 Å². The highest BCUT2D eigenvalue weighted by Gasteiger charge is 2.21. The Kier molecular flexibility index (Phi) is 3.48. The van der Waals surface area contributed by atoms with E-state index in [2.05, 4.69) is 10.1 Å². The van der Waals surface area contributed by atoms with Crippen molar-refractivity contribution in [3.63, 3.8) is 0 Å². The van der Waals surface area contributed by atoms with E-state index in [9.17, 15) is 8.42 Å². The monoisotopic (exact) mass is 379 g/mol. The van der Waals surface area contributed by atoms with Gasteiger partial charge in [-0.15, -0.1) is 5.10 Å². The molecule has 0 spiro atoms. The van der Waals surface area contributed by atoms with Crippen molar-refractivity contribution >= 4 is 37.1 Å². The fraction of sp³-hybridized carbons (Fsp3) is 0.200. The van der Waals surface area contributed by atoms with Crippen molar-refractivity contribution in [2.24, 2.45) is 0 Å². The molecule has 25 heavy (non-hydrogen) atoms. The third kappa shape index (κ3) is 2.45. The molecule has 0 bridgehead atoms. The first-order chi connectivity index (χ1) is 11.9. The van der Waals surface area contributed by atoms with Crippen LogP contribution in [0.2, 0.25) is 0 Å². The number of ether oxygens (including phenoxy) is 2. The average molecular weight is 379 g/mol. The summed E-state index contributed by atoms with van der Waals surface area (Å²) in [5, 5.41) is 4.96. The zero-order chi connectivity index (χ0) is 17.8. The van der Waals surface area contributed by atoms with Gasteiger partial charge in [0.1, 0.15) is 5.69 Å². The number of hydrogen-bond acceptors (Lipinski definition) is 8. The molecule has 0 saturated heterocycles. The number of rotatable bonds is 4. The van der Waals surface area contributed by atoms with Gasteiger partial charge < -0.3 is 13.9 Å². The number of hydrogen-bond donors (Lipinski definition) is 0. The van der Waals surface area contributed by atoms with Gasteiger partial charge in [0.05, 0.1) is 20.4 Å². The Morgan fingerprint density at radius 3 is 2.72 bits per heavy atom. The van der Waals surface area contributed by atoms with E-state index in [1.165, 1.54) is 11.6 Å². The average Bonchev–Trinajstić information content (AvgIpc) is 3.25. The minimum Gasteiger partial charge on any atom is -0.493 e. The summed E-state index contributed by atoms with van der Waals surface area (Å²) in [6.07, 6.45) is 2.70. The molecule has 0 saturated carbocycles. The second-order valence-electron chi connectivity index (χ2n) is 5.31. The van der Waals surface area contributed by atoms with Crippen LogP contribution in [-0.4, -0.2) is 43.5 Å². The van der Waals surface area contributed by atoms with Gasteiger partial charge in [-0.05, 0) is 18.2 Å². The minimum atomic E-state index is -3.40. The Morgan fingerprint density at radius 1 is 1.24 bits per heavy atom. The zero-order valence-corrected chi connectivity index (χ0v) is 15.1. The Labute approximate surface area is 146 Å². The van der Waals surface area contributed by atoms with E-state index in [0.717, 1.165) is 23.0 Å². The third-order valence-corrected chi connectivity index (χ3v) is 6.26. The molecular formula is C15H13N3O5S2. The molecule has 4 aromatic rings. The van der Waals surface area contributed by atoms with Crippen LogP contribution in [-0.2, 0) is 9.84 Å². The molecule has 0 aliphatic carbocycles. The molecule has 0 fully saturated rings. The first-order valence-corrected chi connectivity index (χ1v) is 9.82. The van der Waals surface area contributed by atoms with Gasteiger partial charge in [0.2, 0.25) is 24.9 Å². The van der Waals surface area contributed by atoms with Crippen LogP contribution in [0.4, 0.5) is 0 Å². The SMILES string of the molecule is COc1ccc2cc(-c3cnc4sc(S(C)(=O)=O)nn34)oc2c1OC. The van der Waals surface area contributed by atoms with E-state index in [0.29, 0.717) is 33.5 Å². The molecule has 10 heteroatoms. The second-order valence-corrected chi connectivity index (χ2v) is 8.45.